The van der Waals surface area contributed by atoms with Crippen LogP contribution in [0, 0.1) is 0 Å². The number of methoxy groups -OCH3 is 1. The van der Waals surface area contributed by atoms with E-state index in [0.29, 0.717) is 18.7 Å². The number of ether oxygens (including phenoxy) is 1. The van der Waals surface area contributed by atoms with Gasteiger partial charge in [-0.25, -0.2) is 9.78 Å². The summed E-state index contributed by atoms with van der Waals surface area (Å²) < 4.78 is 4.79. The molecule has 0 unspecified atom stereocenters. The molecule has 192 valence electrons. The van der Waals surface area contributed by atoms with Gasteiger partial charge in [-0.3, -0.25) is 9.59 Å². The van der Waals surface area contributed by atoms with Gasteiger partial charge in [0, 0.05) is 25.8 Å². The second-order valence-corrected chi connectivity index (χ2v) is 9.69. The third-order valence-corrected chi connectivity index (χ3v) is 6.91. The van der Waals surface area contributed by atoms with Gasteiger partial charge >= 0.3 is 5.97 Å². The van der Waals surface area contributed by atoms with Gasteiger partial charge < -0.3 is 20.3 Å². The number of nitrogens with one attached hydrogen (secondary N) is 2. The molecule has 0 radical (unpaired) electrons. The van der Waals surface area contributed by atoms with Crippen LogP contribution < -0.4 is 15.5 Å². The van der Waals surface area contributed by atoms with Crippen LogP contribution in [0.3, 0.4) is 0 Å². The summed E-state index contributed by atoms with van der Waals surface area (Å²) in [4.78, 5) is 44.4. The molecule has 2 amide bonds. The highest BCUT2D eigenvalue weighted by Gasteiger charge is 2.52. The molecule has 2 aromatic carbocycles. The molecule has 8 nitrogen and oxygen atoms in total. The molecule has 0 spiro atoms. The SMILES string of the molecule is CNC(=O)c1cc(Cl)ncc1NC(=O)C1(c2ccccc2C(C)C)CN(c2ccc(C(=O)OC)cc2)C1. The Morgan fingerprint density at radius 1 is 1.08 bits per heavy atom. The summed E-state index contributed by atoms with van der Waals surface area (Å²) in [6.07, 6.45) is 1.40. The van der Waals surface area contributed by atoms with Crippen molar-refractivity contribution >= 4 is 40.8 Å². The van der Waals surface area contributed by atoms with Crippen molar-refractivity contribution in [1.82, 2.24) is 10.3 Å². The highest BCUT2D eigenvalue weighted by atomic mass is 35.5. The summed E-state index contributed by atoms with van der Waals surface area (Å²) in [6.45, 7) is 5.02. The van der Waals surface area contributed by atoms with Crippen LogP contribution in [-0.2, 0) is 14.9 Å². The van der Waals surface area contributed by atoms with Crippen molar-refractivity contribution < 1.29 is 19.1 Å². The highest BCUT2D eigenvalue weighted by Crippen LogP contribution is 2.42. The van der Waals surface area contributed by atoms with Crippen molar-refractivity contribution in [2.45, 2.75) is 25.2 Å². The smallest absolute Gasteiger partial charge is 0.337 e. The van der Waals surface area contributed by atoms with Gasteiger partial charge in [0.1, 0.15) is 10.6 Å². The number of nitrogens with zero attached hydrogens (tertiary/aromatic N) is 2. The number of esters is 1. The van der Waals surface area contributed by atoms with Crippen molar-refractivity contribution in [3.8, 4) is 0 Å². The summed E-state index contributed by atoms with van der Waals surface area (Å²) >= 11 is 6.02. The van der Waals surface area contributed by atoms with E-state index >= 15 is 0 Å². The first-order chi connectivity index (χ1) is 17.7. The maximum atomic E-state index is 14.0. The number of pyridine rings is 1. The number of hydrogen-bond donors (Lipinski definition) is 2. The molecule has 1 saturated heterocycles. The van der Waals surface area contributed by atoms with Crippen LogP contribution in [0.1, 0.15) is 51.6 Å². The number of carbonyl (C=O) groups excluding carboxylic acids is 3. The van der Waals surface area contributed by atoms with Gasteiger partial charge in [0.05, 0.1) is 30.1 Å². The van der Waals surface area contributed by atoms with Crippen LogP contribution in [0.2, 0.25) is 5.15 Å². The van der Waals surface area contributed by atoms with E-state index in [1.54, 1.807) is 12.1 Å². The zero-order valence-electron chi connectivity index (χ0n) is 21.2. The molecule has 3 aromatic rings. The average molecular weight is 521 g/mol. The van der Waals surface area contributed by atoms with Crippen molar-refractivity contribution in [2.24, 2.45) is 0 Å². The monoisotopic (exact) mass is 520 g/mol. The lowest BCUT2D eigenvalue weighted by molar-refractivity contribution is -0.122. The van der Waals surface area contributed by atoms with E-state index in [-0.39, 0.29) is 34.1 Å². The minimum absolute atomic E-state index is 0.154. The fourth-order valence-electron chi connectivity index (χ4n) is 4.68. The lowest BCUT2D eigenvalue weighted by Crippen LogP contribution is -2.65. The van der Waals surface area contributed by atoms with E-state index < -0.39 is 11.4 Å². The van der Waals surface area contributed by atoms with E-state index in [1.165, 1.54) is 26.4 Å². The summed E-state index contributed by atoms with van der Waals surface area (Å²) in [7, 11) is 2.86. The first-order valence-corrected chi connectivity index (χ1v) is 12.3. The van der Waals surface area contributed by atoms with Gasteiger partial charge in [-0.1, -0.05) is 49.7 Å². The third kappa shape index (κ3) is 5.02. The molecule has 2 N–H and O–H groups in total. The van der Waals surface area contributed by atoms with Crippen LogP contribution in [0.4, 0.5) is 11.4 Å². The van der Waals surface area contributed by atoms with Crippen LogP contribution in [0.5, 0.6) is 0 Å². The third-order valence-electron chi connectivity index (χ3n) is 6.70. The van der Waals surface area contributed by atoms with E-state index in [9.17, 15) is 14.4 Å². The Hall–Kier alpha value is -3.91. The lowest BCUT2D eigenvalue weighted by atomic mass is 9.69. The number of rotatable bonds is 7. The highest BCUT2D eigenvalue weighted by molar-refractivity contribution is 6.30. The van der Waals surface area contributed by atoms with Crippen LogP contribution in [-0.4, -0.2) is 50.0 Å². The molecule has 2 heterocycles. The molecule has 1 aliphatic rings. The van der Waals surface area contributed by atoms with E-state index in [4.69, 9.17) is 16.3 Å². The second-order valence-electron chi connectivity index (χ2n) is 9.30. The number of hydrogen-bond acceptors (Lipinski definition) is 6. The summed E-state index contributed by atoms with van der Waals surface area (Å²) in [5.74, 6) is -0.819. The quantitative estimate of drug-likeness (QED) is 0.354. The normalized spacial score (nSPS) is 14.1. The molecule has 0 atom stereocenters. The molecule has 1 aromatic heterocycles. The molecule has 9 heteroatoms. The van der Waals surface area contributed by atoms with Gasteiger partial charge in [-0.2, -0.15) is 0 Å². The number of carbonyl (C=O) groups is 3. The first-order valence-electron chi connectivity index (χ1n) is 11.9. The first kappa shape index (κ1) is 26.2. The predicted octanol–water partition coefficient (Wildman–Crippen LogP) is 4.40. The molecule has 1 aliphatic heterocycles. The Balaban J connectivity index is 1.70. The Kier molecular flexibility index (Phi) is 7.50. The largest absolute Gasteiger partial charge is 0.465 e. The van der Waals surface area contributed by atoms with Crippen LogP contribution in [0.25, 0.3) is 0 Å². The standard InChI is InChI=1S/C28H29ClN4O4/c1-17(2)20-7-5-6-8-22(20)28(15-33(16-28)19-11-9-18(10-12-19)26(35)37-4)27(36)32-23-14-31-24(29)13-21(23)25(34)30-3/h5-14,17H,15-16H2,1-4H3,(H,30,34)(H,32,36). The van der Waals surface area contributed by atoms with Gasteiger partial charge in [-0.05, 0) is 47.4 Å². The predicted molar refractivity (Wildman–Crippen MR) is 143 cm³/mol. The summed E-state index contributed by atoms with van der Waals surface area (Å²) in [5, 5.41) is 5.68. The fraction of sp³-hybridized carbons (Fsp3) is 0.286. The molecule has 0 saturated carbocycles. The zero-order chi connectivity index (χ0) is 26.7. The maximum Gasteiger partial charge on any atom is 0.337 e. The van der Waals surface area contributed by atoms with Gasteiger partial charge in [0.25, 0.3) is 5.91 Å². The van der Waals surface area contributed by atoms with Gasteiger partial charge in [-0.15, -0.1) is 0 Å². The second kappa shape index (κ2) is 10.6. The molecule has 0 bridgehead atoms. The summed E-state index contributed by atoms with van der Waals surface area (Å²) in [6, 6.07) is 16.5. The Morgan fingerprint density at radius 2 is 1.76 bits per heavy atom. The molecular weight excluding hydrogens is 492 g/mol. The number of anilines is 2. The molecular formula is C28H29ClN4O4. The number of benzene rings is 2. The molecule has 1 fully saturated rings. The number of amides is 2. The van der Waals surface area contributed by atoms with Crippen molar-refractivity contribution in [3.05, 3.63) is 88.2 Å². The summed E-state index contributed by atoms with van der Waals surface area (Å²) in [5.41, 5.74) is 3.01. The fourth-order valence-corrected chi connectivity index (χ4v) is 4.84. The lowest BCUT2D eigenvalue weighted by Gasteiger charge is -2.51. The van der Waals surface area contributed by atoms with Crippen LogP contribution >= 0.6 is 11.6 Å². The van der Waals surface area contributed by atoms with E-state index in [2.05, 4.69) is 34.4 Å². The van der Waals surface area contributed by atoms with Crippen molar-refractivity contribution in [3.63, 3.8) is 0 Å². The minimum Gasteiger partial charge on any atom is -0.465 e. The zero-order valence-corrected chi connectivity index (χ0v) is 21.9. The van der Waals surface area contributed by atoms with E-state index in [1.807, 2.05) is 36.4 Å². The Labute approximate surface area is 221 Å². The topological polar surface area (TPSA) is 101 Å². The Bertz CT molecular complexity index is 1330. The number of halogens is 1. The molecule has 4 rings (SSSR count). The van der Waals surface area contributed by atoms with Crippen molar-refractivity contribution in [1.29, 1.82) is 0 Å². The van der Waals surface area contributed by atoms with Crippen molar-refractivity contribution in [2.75, 3.05) is 37.5 Å². The number of aromatic nitrogens is 1. The molecule has 37 heavy (non-hydrogen) atoms. The minimum atomic E-state index is -0.874. The maximum absolute atomic E-state index is 14.0. The van der Waals surface area contributed by atoms with Crippen LogP contribution in [0.15, 0.2) is 60.8 Å². The van der Waals surface area contributed by atoms with Gasteiger partial charge in [0.2, 0.25) is 5.91 Å². The molecule has 0 aliphatic carbocycles. The Morgan fingerprint density at radius 3 is 2.38 bits per heavy atom. The van der Waals surface area contributed by atoms with Gasteiger partial charge in [0.15, 0.2) is 0 Å². The van der Waals surface area contributed by atoms with E-state index in [0.717, 1.165) is 16.8 Å². The average Bonchev–Trinajstić information content (AvgIpc) is 2.88.